The predicted molar refractivity (Wildman–Crippen MR) is 165 cm³/mol. The first kappa shape index (κ1) is 31.5. The molecule has 0 aliphatic heterocycles. The van der Waals surface area contributed by atoms with E-state index in [-0.39, 0.29) is 24.3 Å². The molecule has 0 spiro atoms. The topological polar surface area (TPSA) is 118 Å². The lowest BCUT2D eigenvalue weighted by molar-refractivity contribution is -0.153. The molecule has 2 amide bonds. The molecular weight excluding hydrogens is 576 g/mol. The molecule has 10 nitrogen and oxygen atoms in total. The van der Waals surface area contributed by atoms with E-state index in [9.17, 15) is 14.4 Å². The summed E-state index contributed by atoms with van der Waals surface area (Å²) in [5, 5.41) is 10.4. The van der Waals surface area contributed by atoms with Gasteiger partial charge in [-0.15, -0.1) is 11.3 Å². The van der Waals surface area contributed by atoms with Gasteiger partial charge in [0.05, 0.1) is 39.7 Å². The number of aromatic nitrogens is 3. The van der Waals surface area contributed by atoms with Crippen molar-refractivity contribution in [2.45, 2.75) is 78.0 Å². The first-order valence-corrected chi connectivity index (χ1v) is 15.3. The normalized spacial score (nSPS) is 14.4. The van der Waals surface area contributed by atoms with Crippen LogP contribution in [0.25, 0.3) is 0 Å². The number of rotatable bonds is 11. The number of nitrogens with zero attached hydrogens (tertiary/aromatic N) is 4. The minimum Gasteiger partial charge on any atom is -0.459 e. The second-order valence-electron chi connectivity index (χ2n) is 11.8. The number of carbonyl (C=O) groups is 3. The number of ether oxygens (including phenoxy) is 1. The zero-order valence-electron chi connectivity index (χ0n) is 24.8. The highest BCUT2D eigenvalue weighted by atomic mass is 35.5. The Kier molecular flexibility index (Phi) is 10.3. The van der Waals surface area contributed by atoms with Crippen LogP contribution in [0.15, 0.2) is 36.8 Å². The lowest BCUT2D eigenvalue weighted by atomic mass is 9.97. The maximum Gasteiger partial charge on any atom is 0.326 e. The number of carbonyl (C=O) groups excluding carboxylic acids is 3. The molecule has 42 heavy (non-hydrogen) atoms. The van der Waals surface area contributed by atoms with Gasteiger partial charge in [-0.1, -0.05) is 37.3 Å². The van der Waals surface area contributed by atoms with Gasteiger partial charge in [-0.05, 0) is 58.2 Å². The lowest BCUT2D eigenvalue weighted by Gasteiger charge is -2.27. The van der Waals surface area contributed by atoms with E-state index < -0.39 is 11.6 Å². The van der Waals surface area contributed by atoms with Crippen molar-refractivity contribution in [2.75, 3.05) is 16.8 Å². The Labute approximate surface area is 255 Å². The van der Waals surface area contributed by atoms with Crippen LogP contribution in [0.5, 0.6) is 0 Å². The van der Waals surface area contributed by atoms with E-state index in [2.05, 4.69) is 20.7 Å². The van der Waals surface area contributed by atoms with Crippen LogP contribution in [0.1, 0.15) is 73.1 Å². The highest BCUT2D eigenvalue weighted by Gasteiger charge is 2.28. The maximum atomic E-state index is 13.4. The fourth-order valence-electron chi connectivity index (χ4n) is 5.10. The van der Waals surface area contributed by atoms with Gasteiger partial charge in [0.25, 0.3) is 5.91 Å². The SMILES string of the molecule is Cc1ncc(Cl)cc1N(CC(=O)OC(C)(C)C)Cc1ccc(C(=O)N[C@@H](CC2CCCC2)C(=O)Nc2cnn(C)c2)s1. The molecule has 12 heteroatoms. The number of aryl methyl sites for hydroxylation is 2. The number of thiophene rings is 1. The number of halogens is 1. The Morgan fingerprint density at radius 1 is 1.21 bits per heavy atom. The molecule has 1 atom stereocenters. The standard InChI is InChI=1S/C30H39ClN6O4S/c1-19-25(13-21(31)14-32-19)37(18-27(38)41-30(2,3)4)17-23-10-11-26(42-23)29(40)35-24(12-20-8-6-7-9-20)28(39)34-22-15-33-36(5)16-22/h10-11,13-16,20,24H,6-9,12,17-18H2,1-5H3,(H,34,39)(H,35,40)/t24-/m0/s1. The molecule has 1 saturated carbocycles. The number of pyridine rings is 1. The number of hydrogen-bond donors (Lipinski definition) is 2. The number of anilines is 2. The molecule has 3 heterocycles. The maximum absolute atomic E-state index is 13.4. The van der Waals surface area contributed by atoms with Gasteiger partial charge in [-0.2, -0.15) is 5.10 Å². The Bertz CT molecular complexity index is 1410. The van der Waals surface area contributed by atoms with Crippen molar-refractivity contribution in [3.05, 3.63) is 57.3 Å². The Morgan fingerprint density at radius 2 is 1.95 bits per heavy atom. The molecule has 4 rings (SSSR count). The number of amides is 2. The summed E-state index contributed by atoms with van der Waals surface area (Å²) in [7, 11) is 1.78. The number of nitrogens with one attached hydrogen (secondary N) is 2. The van der Waals surface area contributed by atoms with Gasteiger partial charge >= 0.3 is 5.97 Å². The summed E-state index contributed by atoms with van der Waals surface area (Å²) in [6.07, 6.45) is 9.85. The molecular formula is C30H39ClN6O4S. The van der Waals surface area contributed by atoms with Gasteiger partial charge in [0.2, 0.25) is 5.91 Å². The van der Waals surface area contributed by atoms with Crippen molar-refractivity contribution in [1.82, 2.24) is 20.1 Å². The van der Waals surface area contributed by atoms with Crippen molar-refractivity contribution in [3.8, 4) is 0 Å². The molecule has 226 valence electrons. The highest BCUT2D eigenvalue weighted by Crippen LogP contribution is 2.30. The summed E-state index contributed by atoms with van der Waals surface area (Å²) in [6, 6.07) is 4.70. The summed E-state index contributed by atoms with van der Waals surface area (Å²) >= 11 is 7.56. The number of esters is 1. The zero-order valence-corrected chi connectivity index (χ0v) is 26.3. The molecule has 0 bridgehead atoms. The first-order valence-electron chi connectivity index (χ1n) is 14.1. The quantitative estimate of drug-likeness (QED) is 0.274. The van der Waals surface area contributed by atoms with Crippen LogP contribution in [-0.4, -0.2) is 50.7 Å². The summed E-state index contributed by atoms with van der Waals surface area (Å²) in [4.78, 5) is 46.9. The third-order valence-electron chi connectivity index (χ3n) is 6.98. The van der Waals surface area contributed by atoms with Crippen molar-refractivity contribution in [3.63, 3.8) is 0 Å². The van der Waals surface area contributed by atoms with E-state index >= 15 is 0 Å². The molecule has 0 radical (unpaired) electrons. The third kappa shape index (κ3) is 9.03. The van der Waals surface area contributed by atoms with Crippen LogP contribution in [0.3, 0.4) is 0 Å². The highest BCUT2D eigenvalue weighted by molar-refractivity contribution is 7.14. The first-order chi connectivity index (χ1) is 19.9. The van der Waals surface area contributed by atoms with Crippen molar-refractivity contribution < 1.29 is 19.1 Å². The molecule has 1 aliphatic carbocycles. The predicted octanol–water partition coefficient (Wildman–Crippen LogP) is 5.50. The minimum atomic E-state index is -0.671. The molecule has 2 N–H and O–H groups in total. The van der Waals surface area contributed by atoms with Crippen LogP contribution in [0.2, 0.25) is 5.02 Å². The van der Waals surface area contributed by atoms with E-state index in [1.165, 1.54) is 11.3 Å². The summed E-state index contributed by atoms with van der Waals surface area (Å²) in [6.45, 7) is 7.64. The molecule has 0 aromatic carbocycles. The van der Waals surface area contributed by atoms with Gasteiger partial charge in [-0.25, -0.2) is 0 Å². The molecule has 3 aromatic rings. The lowest BCUT2D eigenvalue weighted by Crippen LogP contribution is -2.44. The largest absolute Gasteiger partial charge is 0.459 e. The van der Waals surface area contributed by atoms with Crippen LogP contribution in [-0.2, 0) is 27.9 Å². The van der Waals surface area contributed by atoms with Crippen molar-refractivity contribution in [1.29, 1.82) is 0 Å². The van der Waals surface area contributed by atoms with Crippen molar-refractivity contribution in [2.24, 2.45) is 13.0 Å². The fraction of sp³-hybridized carbons (Fsp3) is 0.500. The van der Waals surface area contributed by atoms with E-state index in [1.54, 1.807) is 42.5 Å². The van der Waals surface area contributed by atoms with Gasteiger partial charge in [0.15, 0.2) is 0 Å². The van der Waals surface area contributed by atoms with Crippen LogP contribution >= 0.6 is 22.9 Å². The minimum absolute atomic E-state index is 0.0163. The molecule has 0 saturated heterocycles. The van der Waals surface area contributed by atoms with Gasteiger partial charge in [0, 0.05) is 24.3 Å². The van der Waals surface area contributed by atoms with Crippen LogP contribution < -0.4 is 15.5 Å². The smallest absolute Gasteiger partial charge is 0.326 e. The van der Waals surface area contributed by atoms with Gasteiger partial charge in [-0.3, -0.25) is 24.0 Å². The number of hydrogen-bond acceptors (Lipinski definition) is 8. The molecule has 0 unspecified atom stereocenters. The second-order valence-corrected chi connectivity index (χ2v) is 13.4. The Morgan fingerprint density at radius 3 is 2.62 bits per heavy atom. The van der Waals surface area contributed by atoms with E-state index in [4.69, 9.17) is 16.3 Å². The zero-order chi connectivity index (χ0) is 30.4. The average molecular weight is 615 g/mol. The van der Waals surface area contributed by atoms with Crippen LogP contribution in [0, 0.1) is 12.8 Å². The van der Waals surface area contributed by atoms with Gasteiger partial charge < -0.3 is 20.3 Å². The average Bonchev–Trinajstić information content (AvgIpc) is 3.67. The Hall–Kier alpha value is -3.44. The van der Waals surface area contributed by atoms with E-state index in [0.717, 1.165) is 30.6 Å². The van der Waals surface area contributed by atoms with E-state index in [0.29, 0.717) is 45.9 Å². The fourth-order valence-corrected chi connectivity index (χ4v) is 6.18. The third-order valence-corrected chi connectivity index (χ3v) is 8.25. The molecule has 1 aliphatic rings. The molecule has 1 fully saturated rings. The van der Waals surface area contributed by atoms with E-state index in [1.807, 2.05) is 38.7 Å². The monoisotopic (exact) mass is 614 g/mol. The second kappa shape index (κ2) is 13.7. The summed E-state index contributed by atoms with van der Waals surface area (Å²) in [5.74, 6) is -0.557. The summed E-state index contributed by atoms with van der Waals surface area (Å²) < 4.78 is 7.18. The Balaban J connectivity index is 1.49. The van der Waals surface area contributed by atoms with Gasteiger partial charge in [0.1, 0.15) is 18.2 Å². The van der Waals surface area contributed by atoms with Crippen molar-refractivity contribution >= 4 is 52.1 Å². The van der Waals surface area contributed by atoms with Crippen LogP contribution in [0.4, 0.5) is 11.4 Å². The summed E-state index contributed by atoms with van der Waals surface area (Å²) in [5.41, 5.74) is 1.38. The molecule has 3 aromatic heterocycles.